The van der Waals surface area contributed by atoms with Crippen molar-refractivity contribution in [3.63, 3.8) is 0 Å². The van der Waals surface area contributed by atoms with Gasteiger partial charge in [-0.1, -0.05) is 146 Å². The molecule has 8 heteroatoms. The third-order valence-electron chi connectivity index (χ3n) is 8.19. The van der Waals surface area contributed by atoms with Crippen LogP contribution in [0.3, 0.4) is 0 Å². The fraction of sp³-hybridized carbons (Fsp3) is 0.0455. The molecule has 0 aliphatic rings. The van der Waals surface area contributed by atoms with Crippen molar-refractivity contribution in [2.75, 3.05) is 0 Å². The zero-order valence-electron chi connectivity index (χ0n) is 28.6. The zero-order valence-corrected chi connectivity index (χ0v) is 33.8. The van der Waals surface area contributed by atoms with E-state index in [1.165, 1.54) is 31.8 Å². The van der Waals surface area contributed by atoms with Gasteiger partial charge in [0.05, 0.1) is 22.8 Å². The van der Waals surface area contributed by atoms with E-state index >= 15 is 0 Å². The number of hydrogen-bond acceptors (Lipinski definition) is 3. The van der Waals surface area contributed by atoms with Crippen LogP contribution in [0.15, 0.2) is 192 Å². The molecule has 1 heterocycles. The van der Waals surface area contributed by atoms with Crippen LogP contribution in [0.4, 0.5) is 11.4 Å². The average molecular weight is 814 g/mol. The molecule has 0 amide bonds. The van der Waals surface area contributed by atoms with E-state index in [2.05, 4.69) is 196 Å². The third-order valence-corrected chi connectivity index (χ3v) is 14.4. The van der Waals surface area contributed by atoms with Gasteiger partial charge in [0, 0.05) is 9.75 Å². The van der Waals surface area contributed by atoms with Crippen molar-refractivity contribution in [1.82, 2.24) is 0 Å². The first kappa shape index (κ1) is 38.1. The first-order valence-electron chi connectivity index (χ1n) is 16.6. The molecule has 0 radical (unpaired) electrons. The van der Waals surface area contributed by atoms with Crippen LogP contribution < -0.4 is 31.8 Å². The Hall–Kier alpha value is -3.68. The van der Waals surface area contributed by atoms with E-state index in [1.807, 2.05) is 0 Å². The third kappa shape index (κ3) is 10.0. The molecule has 0 spiro atoms. The van der Waals surface area contributed by atoms with Gasteiger partial charge in [0.15, 0.2) is 0 Å². The van der Waals surface area contributed by atoms with Gasteiger partial charge in [-0.25, -0.2) is 0 Å². The topological polar surface area (TPSA) is 24.7 Å². The van der Waals surface area contributed by atoms with Crippen LogP contribution in [0.1, 0.15) is 23.6 Å². The van der Waals surface area contributed by atoms with Crippen LogP contribution in [-0.2, 0) is 13.1 Å². The van der Waals surface area contributed by atoms with Gasteiger partial charge < -0.3 is 0 Å². The summed E-state index contributed by atoms with van der Waals surface area (Å²) in [6.45, 7) is 4.18. The average Bonchev–Trinajstić information content (AvgIpc) is 3.70. The molecule has 2 nitrogen and oxygen atoms in total. The number of benzene rings is 6. The van der Waals surface area contributed by atoms with Gasteiger partial charge in [-0.15, -0.1) is 11.3 Å². The van der Waals surface area contributed by atoms with Gasteiger partial charge in [-0.05, 0) is 97.9 Å². The Bertz CT molecular complexity index is 1960. The van der Waals surface area contributed by atoms with E-state index in [-0.39, 0.29) is 13.1 Å². The molecular weight excluding hydrogens is 777 g/mol. The monoisotopic (exact) mass is 812 g/mol. The zero-order chi connectivity index (χ0) is 36.1. The van der Waals surface area contributed by atoms with Crippen LogP contribution in [0.5, 0.6) is 0 Å². The Morgan fingerprint density at radius 3 is 0.923 bits per heavy atom. The van der Waals surface area contributed by atoms with Crippen molar-refractivity contribution in [1.29, 1.82) is 0 Å². The summed E-state index contributed by atoms with van der Waals surface area (Å²) >= 11 is 1.93. The molecule has 0 aliphatic carbocycles. The molecule has 7 rings (SSSR count). The van der Waals surface area contributed by atoms with E-state index in [0.29, 0.717) is 0 Å². The van der Waals surface area contributed by atoms with Gasteiger partial charge >= 0.3 is 33.3 Å². The number of rotatable bonds is 10. The van der Waals surface area contributed by atoms with Crippen molar-refractivity contribution < 1.29 is 13.1 Å². The van der Waals surface area contributed by atoms with Crippen LogP contribution in [-0.4, -0.2) is 11.4 Å². The fourth-order valence-corrected chi connectivity index (χ4v) is 11.2. The standard InChI is InChI=1S/C44H36N2P2S.2ClH.Fe/c1-33(45-35-23-27-41(28-24-35)47(37-15-7-3-8-16-37)38-17-9-4-10-18-38)43-31-32-44(49-43)34(2)46-36-25-29-42(30-26-36)48(39-19-11-5-12-20-39)40-21-13-6-14-22-40;;;/h3-32H,1-2H3;2*1H;/q;;;+2/p-2. The molecule has 0 bridgehead atoms. The van der Waals surface area contributed by atoms with Crippen LogP contribution in [0.25, 0.3) is 0 Å². The van der Waals surface area contributed by atoms with Crippen molar-refractivity contribution in [3.8, 4) is 0 Å². The molecule has 0 unspecified atom stereocenters. The molecule has 0 fully saturated rings. The molecular formula is C44H36Cl2FeN2P2S. The molecule has 52 heavy (non-hydrogen) atoms. The van der Waals surface area contributed by atoms with Crippen LogP contribution in [0, 0.1) is 0 Å². The maximum absolute atomic E-state index is 5.00. The maximum atomic E-state index is 5.00. The number of halogens is 2. The van der Waals surface area contributed by atoms with Crippen LogP contribution >= 0.6 is 47.4 Å². The van der Waals surface area contributed by atoms with E-state index in [4.69, 9.17) is 30.2 Å². The predicted molar refractivity (Wildman–Crippen MR) is 230 cm³/mol. The SMILES string of the molecule is CC(=Nc1ccc(P(c2ccccc2)c2ccccc2)cc1)c1ccc(C(C)=Nc2ccc(P(c3ccccc3)c3ccccc3)cc2)s1.[Cl][Fe][Cl]. The number of aliphatic imine (C=N–C) groups is 2. The minimum absolute atomic E-state index is 0.194. The first-order valence-corrected chi connectivity index (χ1v) is 23.1. The molecule has 7 aromatic rings. The quantitative estimate of drug-likeness (QED) is 0.0747. The van der Waals surface area contributed by atoms with Crippen molar-refractivity contribution >= 4 is 102 Å². The van der Waals surface area contributed by atoms with E-state index < -0.39 is 15.8 Å². The molecule has 1 aromatic heterocycles. The summed E-state index contributed by atoms with van der Waals surface area (Å²) in [5.74, 6) is 0. The molecule has 260 valence electrons. The van der Waals surface area contributed by atoms with Gasteiger partial charge in [-0.3, -0.25) is 9.98 Å². The molecule has 0 N–H and O–H groups in total. The molecule has 6 aromatic carbocycles. The number of thiophene rings is 1. The van der Waals surface area contributed by atoms with Crippen molar-refractivity contribution in [2.45, 2.75) is 13.8 Å². The van der Waals surface area contributed by atoms with Gasteiger partial charge in [0.25, 0.3) is 0 Å². The Balaban J connectivity index is 0.00000150. The number of nitrogens with zero attached hydrogens (tertiary/aromatic N) is 2. The molecule has 0 atom stereocenters. The predicted octanol–water partition coefficient (Wildman–Crippen LogP) is 10.9. The number of hydrogen-bond donors (Lipinski definition) is 0. The first-order chi connectivity index (χ1) is 25.5. The molecule has 0 aliphatic heterocycles. The van der Waals surface area contributed by atoms with E-state index in [1.54, 1.807) is 11.3 Å². The summed E-state index contributed by atoms with van der Waals surface area (Å²) < 4.78 is 0. The normalized spacial score (nSPS) is 11.8. The van der Waals surface area contributed by atoms with Gasteiger partial charge in [0.1, 0.15) is 0 Å². The summed E-state index contributed by atoms with van der Waals surface area (Å²) in [6, 6.07) is 65.1. The van der Waals surface area contributed by atoms with E-state index in [9.17, 15) is 0 Å². The Morgan fingerprint density at radius 1 is 0.404 bits per heavy atom. The summed E-state index contributed by atoms with van der Waals surface area (Å²) in [6.07, 6.45) is 0. The summed E-state index contributed by atoms with van der Waals surface area (Å²) in [4.78, 5) is 12.3. The molecule has 0 saturated heterocycles. The second-order valence-electron chi connectivity index (χ2n) is 11.7. The van der Waals surface area contributed by atoms with E-state index in [0.717, 1.165) is 32.6 Å². The van der Waals surface area contributed by atoms with Gasteiger partial charge in [0.2, 0.25) is 0 Å². The summed E-state index contributed by atoms with van der Waals surface area (Å²) in [5.41, 5.74) is 3.93. The second-order valence-corrected chi connectivity index (χ2v) is 19.0. The fourth-order valence-electron chi connectivity index (χ4n) is 5.78. The Morgan fingerprint density at radius 2 is 0.654 bits per heavy atom. The Kier molecular flexibility index (Phi) is 14.2. The Labute approximate surface area is 328 Å². The summed E-state index contributed by atoms with van der Waals surface area (Å²) in [5, 5.41) is 8.02. The van der Waals surface area contributed by atoms with Gasteiger partial charge in [-0.2, -0.15) is 0 Å². The molecule has 0 saturated carbocycles. The summed E-state index contributed by atoms with van der Waals surface area (Å²) in [7, 11) is 8.26. The van der Waals surface area contributed by atoms with Crippen molar-refractivity contribution in [3.05, 3.63) is 192 Å². The van der Waals surface area contributed by atoms with Crippen molar-refractivity contribution in [2.24, 2.45) is 9.98 Å². The van der Waals surface area contributed by atoms with Crippen LogP contribution in [0.2, 0.25) is 0 Å². The second kappa shape index (κ2) is 19.4. The minimum atomic E-state index is -0.634.